The highest BCUT2D eigenvalue weighted by Gasteiger charge is 2.16. The molecule has 0 aliphatic heterocycles. The van der Waals surface area contributed by atoms with E-state index in [1.807, 2.05) is 22.8 Å². The molecule has 0 aliphatic carbocycles. The summed E-state index contributed by atoms with van der Waals surface area (Å²) in [6, 6.07) is 12.7. The molecule has 0 fully saturated rings. The molecule has 0 saturated carbocycles. The average molecular weight is 447 g/mol. The van der Waals surface area contributed by atoms with Crippen LogP contribution in [0.3, 0.4) is 0 Å². The Morgan fingerprint density at radius 2 is 1.64 bits per heavy atom. The van der Waals surface area contributed by atoms with Gasteiger partial charge in [-0.3, -0.25) is 4.79 Å². The largest absolute Gasteiger partial charge is 0.481 e. The van der Waals surface area contributed by atoms with Crippen molar-refractivity contribution in [3.8, 4) is 29.3 Å². The van der Waals surface area contributed by atoms with Gasteiger partial charge in [0.25, 0.3) is 0 Å². The lowest BCUT2D eigenvalue weighted by atomic mass is 10.2. The number of carboxylic acids is 1. The number of carboxylic acid groups (broad SMARTS) is 1. The molecule has 4 nitrogen and oxygen atoms in total. The number of thiophene rings is 4. The average Bonchev–Trinajstić information content (AvgIpc) is 3.42. The van der Waals surface area contributed by atoms with Gasteiger partial charge in [-0.2, -0.15) is 9.59 Å². The number of hydrogen-bond acceptors (Lipinski definition) is 7. The van der Waals surface area contributed by atoms with E-state index in [2.05, 4.69) is 42.6 Å². The van der Waals surface area contributed by atoms with Crippen LogP contribution in [0, 0.1) is 6.92 Å². The summed E-state index contributed by atoms with van der Waals surface area (Å²) in [6.07, 6.45) is 0.326. The maximum absolute atomic E-state index is 11.0. The van der Waals surface area contributed by atoms with E-state index in [0.717, 1.165) is 15.3 Å². The van der Waals surface area contributed by atoms with Gasteiger partial charge in [-0.25, -0.2) is 0 Å². The topological polar surface area (TPSA) is 71.4 Å². The zero-order chi connectivity index (χ0) is 20.1. The standard InChI is InChI=1S/C19H14O2S4.CO2/c1-11-9-16(13-3-2-7-22-13)25-18(11)14-4-5-15(24-14)19-12(6-8-23-19)10-17(20)21;2-1-3/h2-9H,10H2,1H3,(H,20,21);. The van der Waals surface area contributed by atoms with E-state index >= 15 is 0 Å². The van der Waals surface area contributed by atoms with Crippen molar-refractivity contribution in [2.75, 3.05) is 0 Å². The van der Waals surface area contributed by atoms with Crippen LogP contribution in [0.4, 0.5) is 0 Å². The number of carbonyl (C=O) groups excluding carboxylic acids is 2. The molecule has 28 heavy (non-hydrogen) atoms. The summed E-state index contributed by atoms with van der Waals surface area (Å²) in [6.45, 7) is 2.16. The third kappa shape index (κ3) is 4.55. The third-order valence-electron chi connectivity index (χ3n) is 3.82. The Labute approximate surface area is 177 Å². The van der Waals surface area contributed by atoms with Crippen molar-refractivity contribution in [3.05, 3.63) is 58.3 Å². The van der Waals surface area contributed by atoms with Crippen LogP contribution < -0.4 is 0 Å². The van der Waals surface area contributed by atoms with Crippen molar-refractivity contribution in [1.29, 1.82) is 0 Å². The molecular weight excluding hydrogens is 432 g/mol. The second kappa shape index (κ2) is 9.23. The van der Waals surface area contributed by atoms with Crippen LogP contribution in [0.25, 0.3) is 29.3 Å². The molecule has 4 rings (SSSR count). The van der Waals surface area contributed by atoms with E-state index in [1.165, 1.54) is 25.1 Å². The second-order valence-electron chi connectivity index (χ2n) is 5.69. The highest BCUT2D eigenvalue weighted by Crippen LogP contribution is 2.44. The first-order valence-electron chi connectivity index (χ1n) is 8.05. The first-order valence-corrected chi connectivity index (χ1v) is 11.4. The lowest BCUT2D eigenvalue weighted by Gasteiger charge is -1.98. The molecule has 4 aromatic rings. The molecule has 142 valence electrons. The van der Waals surface area contributed by atoms with Crippen molar-refractivity contribution in [3.63, 3.8) is 0 Å². The summed E-state index contributed by atoms with van der Waals surface area (Å²) in [7, 11) is 0. The minimum atomic E-state index is -0.786. The zero-order valence-electron chi connectivity index (χ0n) is 14.6. The van der Waals surface area contributed by atoms with Gasteiger partial charge < -0.3 is 5.11 Å². The first-order chi connectivity index (χ1) is 13.5. The monoisotopic (exact) mass is 446 g/mol. The van der Waals surface area contributed by atoms with Gasteiger partial charge in [0.05, 0.1) is 6.42 Å². The van der Waals surface area contributed by atoms with Gasteiger partial charge in [-0.15, -0.1) is 45.3 Å². The van der Waals surface area contributed by atoms with E-state index in [-0.39, 0.29) is 12.6 Å². The highest BCUT2D eigenvalue weighted by atomic mass is 32.1. The summed E-state index contributed by atoms with van der Waals surface area (Å²) in [5.41, 5.74) is 2.19. The van der Waals surface area contributed by atoms with Gasteiger partial charge in [-0.1, -0.05) is 6.07 Å². The maximum Gasteiger partial charge on any atom is 0.373 e. The van der Waals surface area contributed by atoms with Crippen molar-refractivity contribution in [2.24, 2.45) is 0 Å². The smallest absolute Gasteiger partial charge is 0.373 e. The van der Waals surface area contributed by atoms with Crippen LogP contribution >= 0.6 is 45.3 Å². The molecule has 1 N–H and O–H groups in total. The Bertz CT molecular complexity index is 1110. The zero-order valence-corrected chi connectivity index (χ0v) is 17.9. The minimum Gasteiger partial charge on any atom is -0.481 e. The van der Waals surface area contributed by atoms with Crippen LogP contribution in [0.2, 0.25) is 0 Å². The number of aliphatic carboxylic acids is 1. The van der Waals surface area contributed by atoms with Gasteiger partial charge in [0, 0.05) is 29.3 Å². The molecule has 0 aliphatic rings. The molecule has 0 saturated heterocycles. The summed E-state index contributed by atoms with van der Waals surface area (Å²) >= 11 is 6.94. The molecule has 0 atom stereocenters. The van der Waals surface area contributed by atoms with Gasteiger partial charge in [0.15, 0.2) is 0 Å². The van der Waals surface area contributed by atoms with E-state index in [0.29, 0.717) is 0 Å². The highest BCUT2D eigenvalue weighted by molar-refractivity contribution is 7.28. The predicted octanol–water partition coefficient (Wildman–Crippen LogP) is 6.29. The first kappa shape index (κ1) is 20.4. The fraction of sp³-hybridized carbons (Fsp3) is 0.100. The maximum atomic E-state index is 11.0. The van der Waals surface area contributed by atoms with Crippen LogP contribution in [0.5, 0.6) is 0 Å². The van der Waals surface area contributed by atoms with Crippen molar-refractivity contribution < 1.29 is 19.5 Å². The quantitative estimate of drug-likeness (QED) is 0.391. The molecule has 0 bridgehead atoms. The van der Waals surface area contributed by atoms with Gasteiger partial charge in [0.1, 0.15) is 0 Å². The van der Waals surface area contributed by atoms with Gasteiger partial charge in [0.2, 0.25) is 0 Å². The molecule has 0 aromatic carbocycles. The lowest BCUT2D eigenvalue weighted by Crippen LogP contribution is -1.99. The van der Waals surface area contributed by atoms with E-state index in [9.17, 15) is 4.79 Å². The van der Waals surface area contributed by atoms with Crippen molar-refractivity contribution in [1.82, 2.24) is 0 Å². The van der Waals surface area contributed by atoms with E-state index < -0.39 is 5.97 Å². The summed E-state index contributed by atoms with van der Waals surface area (Å²) in [5.74, 6) is -0.786. The van der Waals surface area contributed by atoms with Crippen molar-refractivity contribution >= 4 is 57.5 Å². The summed E-state index contributed by atoms with van der Waals surface area (Å²) in [5, 5.41) is 13.2. The van der Waals surface area contributed by atoms with Crippen LogP contribution in [-0.4, -0.2) is 17.2 Å². The number of hydrogen-bond donors (Lipinski definition) is 1. The van der Waals surface area contributed by atoms with Crippen LogP contribution in [0.15, 0.2) is 47.2 Å². The Hall–Kier alpha value is -2.35. The van der Waals surface area contributed by atoms with Crippen LogP contribution in [-0.2, 0) is 20.8 Å². The molecule has 4 aromatic heterocycles. The van der Waals surface area contributed by atoms with Gasteiger partial charge >= 0.3 is 12.1 Å². The molecule has 4 heterocycles. The summed E-state index contributed by atoms with van der Waals surface area (Å²) in [4.78, 5) is 34.7. The van der Waals surface area contributed by atoms with Gasteiger partial charge in [-0.05, 0) is 59.1 Å². The van der Waals surface area contributed by atoms with Crippen molar-refractivity contribution in [2.45, 2.75) is 13.3 Å². The molecule has 0 amide bonds. The Balaban J connectivity index is 0.000000706. The molecular formula is C20H14O4S4. The van der Waals surface area contributed by atoms with E-state index in [4.69, 9.17) is 14.7 Å². The number of rotatable bonds is 5. The molecule has 0 spiro atoms. The fourth-order valence-corrected chi connectivity index (χ4v) is 6.97. The van der Waals surface area contributed by atoms with Crippen LogP contribution in [0.1, 0.15) is 11.1 Å². The normalized spacial score (nSPS) is 10.2. The number of carbonyl (C=O) groups is 1. The Morgan fingerprint density at radius 1 is 0.929 bits per heavy atom. The Morgan fingerprint density at radius 3 is 2.29 bits per heavy atom. The molecule has 0 unspecified atom stereocenters. The molecule has 8 heteroatoms. The predicted molar refractivity (Wildman–Crippen MR) is 115 cm³/mol. The lowest BCUT2D eigenvalue weighted by molar-refractivity contribution is -0.191. The van der Waals surface area contributed by atoms with E-state index in [1.54, 1.807) is 34.0 Å². The SMILES string of the molecule is Cc1cc(-c2cccs2)sc1-c1ccc(-c2sccc2CC(=O)O)s1.O=C=O. The third-order valence-corrected chi connectivity index (χ3v) is 8.53. The number of aryl methyl sites for hydroxylation is 1. The minimum absolute atomic E-state index is 0.0760. The summed E-state index contributed by atoms with van der Waals surface area (Å²) < 4.78 is 0. The Kier molecular flexibility index (Phi) is 6.72. The second-order valence-corrected chi connectivity index (χ2v) is 9.69. The molecule has 0 radical (unpaired) electrons. The fourth-order valence-electron chi connectivity index (χ4n) is 2.70.